The molecule has 1 aromatic heterocycles. The zero-order valence-electron chi connectivity index (χ0n) is 15.0. The number of benzene rings is 2. The molecule has 1 N–H and O–H groups in total. The number of halogens is 1. The van der Waals surface area contributed by atoms with E-state index in [2.05, 4.69) is 22.6 Å². The molecule has 1 aliphatic rings. The molecule has 0 bridgehead atoms. The molecule has 1 heterocycles. The summed E-state index contributed by atoms with van der Waals surface area (Å²) in [5, 5.41) is 7.92. The highest BCUT2D eigenvalue weighted by atomic mass is 35.5. The van der Waals surface area contributed by atoms with Crippen LogP contribution in [0.25, 0.3) is 11.3 Å². The third kappa shape index (κ3) is 3.91. The Hall–Kier alpha value is -2.59. The van der Waals surface area contributed by atoms with Gasteiger partial charge in [-0.15, -0.1) is 0 Å². The van der Waals surface area contributed by atoms with E-state index in [1.165, 1.54) is 5.56 Å². The first kappa shape index (κ1) is 17.8. The van der Waals surface area contributed by atoms with Gasteiger partial charge >= 0.3 is 0 Å². The minimum Gasteiger partial charge on any atom is -0.356 e. The molecule has 0 atom stereocenters. The zero-order valence-corrected chi connectivity index (χ0v) is 15.7. The summed E-state index contributed by atoms with van der Waals surface area (Å²) < 4.78 is 5.48. The average Bonchev–Trinajstić information content (AvgIpc) is 3.37. The third-order valence-corrected chi connectivity index (χ3v) is 5.34. The van der Waals surface area contributed by atoms with Crippen LogP contribution < -0.4 is 5.32 Å². The first-order valence-corrected chi connectivity index (χ1v) is 9.60. The molecular weight excluding hydrogens is 360 g/mol. The van der Waals surface area contributed by atoms with Crippen LogP contribution in [-0.2, 0) is 16.6 Å². The summed E-state index contributed by atoms with van der Waals surface area (Å²) >= 11 is 5.93. The van der Waals surface area contributed by atoms with Gasteiger partial charge < -0.3 is 9.84 Å². The smallest absolute Gasteiger partial charge is 0.232 e. The van der Waals surface area contributed by atoms with Crippen molar-refractivity contribution in [2.24, 2.45) is 0 Å². The van der Waals surface area contributed by atoms with Crippen LogP contribution in [0.5, 0.6) is 0 Å². The molecule has 1 amide bonds. The molecule has 27 heavy (non-hydrogen) atoms. The molecule has 1 saturated carbocycles. The van der Waals surface area contributed by atoms with Gasteiger partial charge in [0.1, 0.15) is 0 Å². The predicted octanol–water partition coefficient (Wildman–Crippen LogP) is 4.78. The Morgan fingerprint density at radius 2 is 1.85 bits per heavy atom. The Morgan fingerprint density at radius 3 is 2.56 bits per heavy atom. The van der Waals surface area contributed by atoms with E-state index in [1.54, 1.807) is 0 Å². The second kappa shape index (κ2) is 7.57. The van der Waals surface area contributed by atoms with Gasteiger partial charge in [-0.3, -0.25) is 4.79 Å². The lowest BCUT2D eigenvalue weighted by Gasteiger charge is -2.12. The molecule has 138 valence electrons. The number of carbonyl (C=O) groups is 1. The molecule has 1 fully saturated rings. The quantitative estimate of drug-likeness (QED) is 0.600. The summed E-state index contributed by atoms with van der Waals surface area (Å²) in [4.78, 5) is 12.7. The van der Waals surface area contributed by atoms with Gasteiger partial charge in [0.05, 0.1) is 11.1 Å². The summed E-state index contributed by atoms with van der Waals surface area (Å²) in [6.07, 6.45) is 3.49. The fraction of sp³-hybridized carbons (Fsp3) is 0.273. The Kier molecular flexibility index (Phi) is 4.99. The van der Waals surface area contributed by atoms with Crippen molar-refractivity contribution in [1.29, 1.82) is 0 Å². The van der Waals surface area contributed by atoms with E-state index in [0.29, 0.717) is 23.0 Å². The van der Waals surface area contributed by atoms with E-state index < -0.39 is 5.41 Å². The molecule has 2 aromatic carbocycles. The van der Waals surface area contributed by atoms with Gasteiger partial charge in [-0.1, -0.05) is 47.1 Å². The van der Waals surface area contributed by atoms with Crippen molar-refractivity contribution in [3.8, 4) is 11.3 Å². The number of aromatic nitrogens is 1. The second-order valence-electron chi connectivity index (χ2n) is 7.01. The lowest BCUT2D eigenvalue weighted by Crippen LogP contribution is -2.35. The molecule has 4 rings (SSSR count). The van der Waals surface area contributed by atoms with Crippen molar-refractivity contribution in [3.63, 3.8) is 0 Å². The van der Waals surface area contributed by atoms with E-state index in [-0.39, 0.29) is 5.91 Å². The number of amides is 1. The molecule has 5 heteroatoms. The van der Waals surface area contributed by atoms with Crippen LogP contribution in [0.3, 0.4) is 0 Å². The number of hydrogen-bond acceptors (Lipinski definition) is 3. The zero-order chi connectivity index (χ0) is 18.7. The lowest BCUT2D eigenvalue weighted by molar-refractivity contribution is -0.123. The van der Waals surface area contributed by atoms with Gasteiger partial charge in [0, 0.05) is 23.2 Å². The lowest BCUT2D eigenvalue weighted by atomic mass is 10.00. The van der Waals surface area contributed by atoms with E-state index in [9.17, 15) is 4.79 Å². The molecule has 0 unspecified atom stereocenters. The van der Waals surface area contributed by atoms with Gasteiger partial charge in [-0.05, 0) is 55.5 Å². The largest absolute Gasteiger partial charge is 0.356 e. The number of hydrogen-bond donors (Lipinski definition) is 1. The Labute approximate surface area is 163 Å². The maximum absolute atomic E-state index is 12.7. The highest BCUT2D eigenvalue weighted by Gasteiger charge is 2.53. The summed E-state index contributed by atoms with van der Waals surface area (Å²) in [5.41, 5.74) is 2.38. The van der Waals surface area contributed by atoms with E-state index >= 15 is 0 Å². The van der Waals surface area contributed by atoms with Crippen LogP contribution >= 0.6 is 11.6 Å². The SMILES string of the molecule is O=C(NCCCc1ccccc1)C1(c2cc(-c3ccc(Cl)cc3)on2)CC1. The Morgan fingerprint density at radius 1 is 1.11 bits per heavy atom. The molecule has 0 spiro atoms. The standard InChI is InChI=1S/C22H21ClN2O2/c23-18-10-8-17(9-11-18)19-15-20(25-27-19)22(12-13-22)21(26)24-14-4-7-16-5-2-1-3-6-16/h1-3,5-6,8-11,15H,4,7,12-14H2,(H,24,26). The number of rotatable bonds is 7. The van der Waals surface area contributed by atoms with Gasteiger partial charge in [0.2, 0.25) is 5.91 Å². The van der Waals surface area contributed by atoms with Crippen LogP contribution in [0.15, 0.2) is 65.2 Å². The van der Waals surface area contributed by atoms with Crippen molar-refractivity contribution < 1.29 is 9.32 Å². The fourth-order valence-corrected chi connectivity index (χ4v) is 3.41. The van der Waals surface area contributed by atoms with Gasteiger partial charge in [-0.2, -0.15) is 0 Å². The topological polar surface area (TPSA) is 55.1 Å². The Bertz CT molecular complexity index is 915. The first-order chi connectivity index (χ1) is 13.2. The second-order valence-corrected chi connectivity index (χ2v) is 7.45. The third-order valence-electron chi connectivity index (χ3n) is 5.08. The van der Waals surface area contributed by atoms with Crippen LogP contribution in [0.4, 0.5) is 0 Å². The number of carbonyl (C=O) groups excluding carboxylic acids is 1. The summed E-state index contributed by atoms with van der Waals surface area (Å²) in [6, 6.07) is 19.6. The minimum absolute atomic E-state index is 0.0477. The number of aryl methyl sites for hydroxylation is 1. The summed E-state index contributed by atoms with van der Waals surface area (Å²) in [5.74, 6) is 0.705. The van der Waals surface area contributed by atoms with E-state index in [0.717, 1.165) is 31.2 Å². The molecule has 0 saturated heterocycles. The monoisotopic (exact) mass is 380 g/mol. The normalized spacial score (nSPS) is 14.7. The molecule has 0 aliphatic heterocycles. The van der Waals surface area contributed by atoms with Gasteiger partial charge in [-0.25, -0.2) is 0 Å². The maximum atomic E-state index is 12.7. The van der Waals surface area contributed by atoms with E-state index in [1.807, 2.05) is 48.5 Å². The predicted molar refractivity (Wildman–Crippen MR) is 106 cm³/mol. The molecular formula is C22H21ClN2O2. The van der Waals surface area contributed by atoms with Crippen LogP contribution in [-0.4, -0.2) is 17.6 Å². The minimum atomic E-state index is -0.527. The van der Waals surface area contributed by atoms with Crippen molar-refractivity contribution in [1.82, 2.24) is 10.5 Å². The van der Waals surface area contributed by atoms with Crippen LogP contribution in [0, 0.1) is 0 Å². The molecule has 3 aromatic rings. The molecule has 1 aliphatic carbocycles. The highest BCUT2D eigenvalue weighted by molar-refractivity contribution is 6.30. The summed E-state index contributed by atoms with van der Waals surface area (Å²) in [7, 11) is 0. The fourth-order valence-electron chi connectivity index (χ4n) is 3.28. The maximum Gasteiger partial charge on any atom is 0.232 e. The van der Waals surface area contributed by atoms with Crippen molar-refractivity contribution in [2.75, 3.05) is 6.54 Å². The first-order valence-electron chi connectivity index (χ1n) is 9.23. The summed E-state index contributed by atoms with van der Waals surface area (Å²) in [6.45, 7) is 0.664. The average molecular weight is 381 g/mol. The van der Waals surface area contributed by atoms with Gasteiger partial charge in [0.15, 0.2) is 5.76 Å². The molecule has 0 radical (unpaired) electrons. The number of nitrogens with one attached hydrogen (secondary N) is 1. The van der Waals surface area contributed by atoms with Crippen molar-refractivity contribution in [2.45, 2.75) is 31.1 Å². The highest BCUT2D eigenvalue weighted by Crippen LogP contribution is 2.48. The van der Waals surface area contributed by atoms with E-state index in [4.69, 9.17) is 16.1 Å². The van der Waals surface area contributed by atoms with Crippen molar-refractivity contribution in [3.05, 3.63) is 76.9 Å². The van der Waals surface area contributed by atoms with Crippen LogP contribution in [0.1, 0.15) is 30.5 Å². The van der Waals surface area contributed by atoms with Crippen molar-refractivity contribution >= 4 is 17.5 Å². The number of nitrogens with zero attached hydrogens (tertiary/aromatic N) is 1. The molecule has 4 nitrogen and oxygen atoms in total. The van der Waals surface area contributed by atoms with Gasteiger partial charge in [0.25, 0.3) is 0 Å². The Balaban J connectivity index is 1.36. The van der Waals surface area contributed by atoms with Crippen LogP contribution in [0.2, 0.25) is 5.02 Å².